The lowest BCUT2D eigenvalue weighted by atomic mass is 10.1. The molecule has 1 aliphatic rings. The number of benzene rings is 1. The summed E-state index contributed by atoms with van der Waals surface area (Å²) in [4.78, 5) is 4.84. The summed E-state index contributed by atoms with van der Waals surface area (Å²) < 4.78 is 0. The normalized spacial score (nSPS) is 14.7. The van der Waals surface area contributed by atoms with Gasteiger partial charge in [-0.25, -0.2) is 5.48 Å². The molecule has 4 heteroatoms. The number of nitrogens with zero attached hydrogens (tertiary/aromatic N) is 1. The first-order valence-electron chi connectivity index (χ1n) is 5.32. The standard InChI is InChI=1S/C13H11N3O/c1-2-4-12-11(3-1)13(16-15-12)6-5-10-7-8-17-14-9-10/h1-9,14H,(H,15,16)/b6-5+. The molecule has 1 aliphatic heterocycles. The molecule has 0 unspecified atom stereocenters. The molecule has 84 valence electrons. The van der Waals surface area contributed by atoms with Crippen LogP contribution in [0.1, 0.15) is 5.69 Å². The number of allylic oxidation sites excluding steroid dienone is 3. The quantitative estimate of drug-likeness (QED) is 0.825. The monoisotopic (exact) mass is 225 g/mol. The summed E-state index contributed by atoms with van der Waals surface area (Å²) in [6.07, 6.45) is 9.21. The molecule has 0 bridgehead atoms. The van der Waals surface area contributed by atoms with Crippen molar-refractivity contribution in [3.05, 3.63) is 60.1 Å². The average molecular weight is 225 g/mol. The topological polar surface area (TPSA) is 49.9 Å². The Labute approximate surface area is 98.2 Å². The van der Waals surface area contributed by atoms with Crippen molar-refractivity contribution >= 4 is 17.0 Å². The van der Waals surface area contributed by atoms with Crippen molar-refractivity contribution in [2.45, 2.75) is 0 Å². The van der Waals surface area contributed by atoms with Crippen LogP contribution in [0, 0.1) is 0 Å². The summed E-state index contributed by atoms with van der Waals surface area (Å²) in [5.41, 5.74) is 5.68. The largest absolute Gasteiger partial charge is 0.391 e. The lowest BCUT2D eigenvalue weighted by Crippen LogP contribution is -2.05. The van der Waals surface area contributed by atoms with Crippen molar-refractivity contribution in [1.29, 1.82) is 0 Å². The molecule has 0 radical (unpaired) electrons. The highest BCUT2D eigenvalue weighted by molar-refractivity contribution is 5.86. The summed E-state index contributed by atoms with van der Waals surface area (Å²) in [6.45, 7) is 0. The first kappa shape index (κ1) is 9.72. The molecule has 1 aromatic carbocycles. The van der Waals surface area contributed by atoms with Gasteiger partial charge in [-0.3, -0.25) is 5.10 Å². The molecule has 3 rings (SSSR count). The number of aromatic amines is 1. The van der Waals surface area contributed by atoms with Gasteiger partial charge in [0.15, 0.2) is 0 Å². The smallest absolute Gasteiger partial charge is 0.119 e. The van der Waals surface area contributed by atoms with Gasteiger partial charge in [-0.2, -0.15) is 5.10 Å². The van der Waals surface area contributed by atoms with Crippen molar-refractivity contribution in [1.82, 2.24) is 15.7 Å². The molecule has 0 amide bonds. The van der Waals surface area contributed by atoms with Gasteiger partial charge in [-0.1, -0.05) is 24.3 Å². The Morgan fingerprint density at radius 3 is 3.00 bits per heavy atom. The zero-order valence-corrected chi connectivity index (χ0v) is 9.05. The zero-order valence-electron chi connectivity index (χ0n) is 9.05. The second-order valence-corrected chi connectivity index (χ2v) is 3.67. The third-order valence-electron chi connectivity index (χ3n) is 2.56. The molecular weight excluding hydrogens is 214 g/mol. The first-order valence-corrected chi connectivity index (χ1v) is 5.32. The third-order valence-corrected chi connectivity index (χ3v) is 2.56. The summed E-state index contributed by atoms with van der Waals surface area (Å²) in [7, 11) is 0. The van der Waals surface area contributed by atoms with E-state index in [2.05, 4.69) is 15.7 Å². The van der Waals surface area contributed by atoms with Gasteiger partial charge in [0.1, 0.15) is 6.26 Å². The van der Waals surface area contributed by atoms with Gasteiger partial charge in [0.25, 0.3) is 0 Å². The lowest BCUT2D eigenvalue weighted by molar-refractivity contribution is 0.171. The van der Waals surface area contributed by atoms with Crippen LogP contribution < -0.4 is 5.48 Å². The molecule has 2 N–H and O–H groups in total. The van der Waals surface area contributed by atoms with E-state index in [1.54, 1.807) is 12.5 Å². The van der Waals surface area contributed by atoms with Crippen molar-refractivity contribution < 1.29 is 4.84 Å². The highest BCUT2D eigenvalue weighted by Gasteiger charge is 2.01. The van der Waals surface area contributed by atoms with Gasteiger partial charge in [-0.05, 0) is 23.8 Å². The van der Waals surface area contributed by atoms with E-state index in [9.17, 15) is 0 Å². The highest BCUT2D eigenvalue weighted by Crippen LogP contribution is 2.17. The first-order chi connectivity index (χ1) is 8.43. The highest BCUT2D eigenvalue weighted by atomic mass is 16.6. The number of hydroxylamine groups is 1. The van der Waals surface area contributed by atoms with E-state index in [1.807, 2.05) is 42.5 Å². The van der Waals surface area contributed by atoms with Crippen LogP contribution in [0.3, 0.4) is 0 Å². The van der Waals surface area contributed by atoms with E-state index >= 15 is 0 Å². The van der Waals surface area contributed by atoms with Crippen LogP contribution in [-0.4, -0.2) is 10.2 Å². The van der Waals surface area contributed by atoms with Gasteiger partial charge >= 0.3 is 0 Å². The minimum atomic E-state index is 0.932. The van der Waals surface area contributed by atoms with Crippen molar-refractivity contribution in [2.24, 2.45) is 0 Å². The van der Waals surface area contributed by atoms with Crippen molar-refractivity contribution in [3.8, 4) is 0 Å². The molecular formula is C13H11N3O. The molecule has 0 atom stereocenters. The zero-order chi connectivity index (χ0) is 11.5. The van der Waals surface area contributed by atoms with Gasteiger partial charge in [0.05, 0.1) is 11.2 Å². The van der Waals surface area contributed by atoms with Crippen LogP contribution >= 0.6 is 0 Å². The van der Waals surface area contributed by atoms with Crippen molar-refractivity contribution in [2.75, 3.05) is 0 Å². The van der Waals surface area contributed by atoms with Gasteiger partial charge < -0.3 is 4.84 Å². The number of hydrogen-bond donors (Lipinski definition) is 2. The van der Waals surface area contributed by atoms with Crippen LogP contribution in [0.5, 0.6) is 0 Å². The second-order valence-electron chi connectivity index (χ2n) is 3.67. The predicted molar refractivity (Wildman–Crippen MR) is 66.6 cm³/mol. The van der Waals surface area contributed by atoms with E-state index in [0.29, 0.717) is 0 Å². The molecule has 1 aromatic heterocycles. The summed E-state index contributed by atoms with van der Waals surface area (Å²) in [6, 6.07) is 8.05. The van der Waals surface area contributed by atoms with Gasteiger partial charge in [0.2, 0.25) is 0 Å². The minimum Gasteiger partial charge on any atom is -0.391 e. The average Bonchev–Trinajstić information content (AvgIpc) is 2.81. The van der Waals surface area contributed by atoms with Gasteiger partial charge in [0, 0.05) is 11.6 Å². The third kappa shape index (κ3) is 1.92. The molecule has 0 aliphatic carbocycles. The van der Waals surface area contributed by atoms with Crippen LogP contribution in [0.25, 0.3) is 17.0 Å². The van der Waals surface area contributed by atoms with Crippen molar-refractivity contribution in [3.63, 3.8) is 0 Å². The number of fused-ring (bicyclic) bond motifs is 1. The Kier molecular flexibility index (Phi) is 2.38. The number of H-pyrrole nitrogens is 1. The Morgan fingerprint density at radius 2 is 2.12 bits per heavy atom. The molecule has 2 aromatic rings. The predicted octanol–water partition coefficient (Wildman–Crippen LogP) is 2.51. The molecule has 4 nitrogen and oxygen atoms in total. The number of aromatic nitrogens is 2. The Hall–Kier alpha value is -2.49. The molecule has 2 heterocycles. The molecule has 0 saturated heterocycles. The van der Waals surface area contributed by atoms with Crippen LogP contribution in [0.15, 0.2) is 54.5 Å². The fourth-order valence-electron chi connectivity index (χ4n) is 1.69. The Morgan fingerprint density at radius 1 is 1.18 bits per heavy atom. The minimum absolute atomic E-state index is 0.932. The summed E-state index contributed by atoms with van der Waals surface area (Å²) >= 11 is 0. The number of nitrogens with one attached hydrogen (secondary N) is 2. The maximum atomic E-state index is 4.84. The van der Waals surface area contributed by atoms with Crippen LogP contribution in [-0.2, 0) is 4.84 Å². The lowest BCUT2D eigenvalue weighted by Gasteiger charge is -2.04. The maximum absolute atomic E-state index is 4.84. The van der Waals surface area contributed by atoms with Crippen LogP contribution in [0.4, 0.5) is 0 Å². The van der Waals surface area contributed by atoms with Gasteiger partial charge in [-0.15, -0.1) is 0 Å². The molecule has 0 saturated carbocycles. The summed E-state index contributed by atoms with van der Waals surface area (Å²) in [5.74, 6) is 0. The Bertz CT molecular complexity index is 622. The molecule has 0 spiro atoms. The van der Waals surface area contributed by atoms with Crippen LogP contribution in [0.2, 0.25) is 0 Å². The molecule has 17 heavy (non-hydrogen) atoms. The fraction of sp³-hybridized carbons (Fsp3) is 0. The van der Waals surface area contributed by atoms with E-state index in [0.717, 1.165) is 22.2 Å². The summed E-state index contributed by atoms with van der Waals surface area (Å²) in [5, 5.41) is 8.38. The van der Waals surface area contributed by atoms with E-state index < -0.39 is 0 Å². The number of rotatable bonds is 2. The maximum Gasteiger partial charge on any atom is 0.119 e. The van der Waals surface area contributed by atoms with E-state index in [1.165, 1.54) is 0 Å². The Balaban J connectivity index is 1.92. The molecule has 0 fully saturated rings. The second kappa shape index (κ2) is 4.17. The fourth-order valence-corrected chi connectivity index (χ4v) is 1.69. The SMILES string of the molecule is C1=CC(/C=C/c2n[nH]c3ccccc23)=CNO1. The number of hydrogen-bond acceptors (Lipinski definition) is 3. The van der Waals surface area contributed by atoms with E-state index in [4.69, 9.17) is 4.84 Å². The van der Waals surface area contributed by atoms with E-state index in [-0.39, 0.29) is 0 Å². The number of para-hydroxylation sites is 1.